The zero-order valence-corrected chi connectivity index (χ0v) is 68.3. The molecule has 1 amide bonds. The van der Waals surface area contributed by atoms with E-state index in [0.717, 1.165) is 25.9 Å². The van der Waals surface area contributed by atoms with Crippen molar-refractivity contribution >= 4 is 17.6 Å². The molecule has 0 radical (unpaired) electrons. The molecule has 1 saturated carbocycles. The van der Waals surface area contributed by atoms with Crippen LogP contribution in [0, 0.1) is 23.7 Å². The van der Waals surface area contributed by atoms with Gasteiger partial charge in [0.15, 0.2) is 25.2 Å². The fourth-order valence-electron chi connectivity index (χ4n) is 15.2. The molecule has 6 aliphatic rings. The Hall–Kier alpha value is -2.91. The highest BCUT2D eigenvalue weighted by atomic mass is 16.8. The maximum Gasteiger partial charge on any atom is 0.311 e. The van der Waals surface area contributed by atoms with E-state index in [1.54, 1.807) is 55.6 Å². The molecule has 23 unspecified atom stereocenters. The summed E-state index contributed by atoms with van der Waals surface area (Å²) in [5.74, 6) is -4.99. The molecule has 660 valence electrons. The van der Waals surface area contributed by atoms with Crippen molar-refractivity contribution in [1.82, 2.24) is 20.9 Å². The predicted molar refractivity (Wildman–Crippen MR) is 402 cm³/mol. The summed E-state index contributed by atoms with van der Waals surface area (Å²) in [5.41, 5.74) is 18.6. The molecule has 26 N–H and O–H groups in total. The zero-order chi connectivity index (χ0) is 84.6. The van der Waals surface area contributed by atoms with Crippen LogP contribution in [-0.2, 0) is 71.3 Å². The molecule has 39 nitrogen and oxygen atoms in total. The Bertz CT molecular complexity index is 2670. The van der Waals surface area contributed by atoms with Crippen LogP contribution in [0.3, 0.4) is 0 Å². The fraction of sp³-hybridized carbons (Fsp3) is 0.959. The maximum absolute atomic E-state index is 14.3. The molecule has 0 spiro atoms. The predicted octanol–water partition coefficient (Wildman–Crippen LogP) is -6.51. The SMILES string of the molecule is CC[C@@H](CO)NCCN[C@@H](CC)CO.CC[C@H]1OC(=O)[C@H](C)[C@@H](OC2CC(C)(OC)C(O)C(C)O2)[C@H](C)[C@@H](OC2OC(C)CC(N(C)C)C2O)[C@](C)(O)C[C@@H](C)/C(=N\OCOCCOC)[C@H](C)[C@@H](O)[C@]1(C)O.NCC[C@@H](O)C(=O)NC1CC(N)C(OC2OC(CN)C(O)C(O)C2O)C(O)C1OC1OC(CO)C(O)C(N)C1O. The molecule has 36 atom stereocenters. The third-order valence-corrected chi connectivity index (χ3v) is 22.5. The van der Waals surface area contributed by atoms with Crippen LogP contribution in [0.4, 0.5) is 0 Å². The molecule has 0 aromatic rings. The van der Waals surface area contributed by atoms with E-state index >= 15 is 0 Å². The van der Waals surface area contributed by atoms with Gasteiger partial charge in [0, 0.05) is 82.2 Å². The first-order chi connectivity index (χ1) is 52.6. The third kappa shape index (κ3) is 27.3. The van der Waals surface area contributed by atoms with Gasteiger partial charge in [0.25, 0.3) is 0 Å². The molecule has 5 heterocycles. The zero-order valence-electron chi connectivity index (χ0n) is 68.3. The highest BCUT2D eigenvalue weighted by Crippen LogP contribution is 2.42. The van der Waals surface area contributed by atoms with Crippen LogP contribution in [0.2, 0.25) is 0 Å². The van der Waals surface area contributed by atoms with Gasteiger partial charge in [0.2, 0.25) is 12.7 Å². The quantitative estimate of drug-likeness (QED) is 0.0129. The molecule has 0 aromatic heterocycles. The van der Waals surface area contributed by atoms with Crippen LogP contribution in [0.1, 0.15) is 134 Å². The van der Waals surface area contributed by atoms with E-state index in [9.17, 15) is 76.0 Å². The van der Waals surface area contributed by atoms with E-state index in [1.165, 1.54) is 14.0 Å². The smallest absolute Gasteiger partial charge is 0.311 e. The van der Waals surface area contributed by atoms with Gasteiger partial charge < -0.3 is 182 Å². The van der Waals surface area contributed by atoms with Gasteiger partial charge in [0.1, 0.15) is 91.1 Å². The number of aliphatic hydroxyl groups is 15. The summed E-state index contributed by atoms with van der Waals surface area (Å²) in [6.45, 7) is 22.5. The number of carbonyl (C=O) groups excluding carboxylic acids is 2. The monoisotopic (exact) mass is 1630 g/mol. The van der Waals surface area contributed by atoms with Crippen LogP contribution in [-0.4, -0.2) is 388 Å². The molecule has 112 heavy (non-hydrogen) atoms. The molecule has 0 bridgehead atoms. The van der Waals surface area contributed by atoms with Gasteiger partial charge in [-0.25, -0.2) is 0 Å². The number of hydrogen-bond donors (Lipinski definition) is 22. The Morgan fingerprint density at radius 1 is 0.688 bits per heavy atom. The summed E-state index contributed by atoms with van der Waals surface area (Å²) < 4.78 is 70.6. The number of rotatable bonds is 32. The van der Waals surface area contributed by atoms with Crippen molar-refractivity contribution in [2.24, 2.45) is 51.8 Å². The minimum Gasteiger partial charge on any atom is -0.459 e. The molecule has 6 fully saturated rings. The van der Waals surface area contributed by atoms with Crippen LogP contribution in [0.15, 0.2) is 5.16 Å². The van der Waals surface area contributed by atoms with E-state index in [4.69, 9.17) is 94.8 Å². The summed E-state index contributed by atoms with van der Waals surface area (Å²) in [6.07, 6.45) is -27.4. The number of nitrogens with zero attached hydrogens (tertiary/aromatic N) is 2. The summed E-state index contributed by atoms with van der Waals surface area (Å²) in [7, 11) is 6.76. The molecule has 0 aromatic carbocycles. The van der Waals surface area contributed by atoms with Crippen molar-refractivity contribution in [3.63, 3.8) is 0 Å². The van der Waals surface area contributed by atoms with Gasteiger partial charge >= 0.3 is 5.97 Å². The van der Waals surface area contributed by atoms with Crippen LogP contribution in [0.5, 0.6) is 0 Å². The number of amides is 1. The number of carbonyl (C=O) groups is 2. The van der Waals surface area contributed by atoms with E-state index in [1.807, 2.05) is 46.7 Å². The number of ether oxygens (including phenoxy) is 12. The van der Waals surface area contributed by atoms with Gasteiger partial charge in [-0.1, -0.05) is 46.7 Å². The Labute approximate surface area is 658 Å². The van der Waals surface area contributed by atoms with Gasteiger partial charge in [-0.05, 0) is 107 Å². The number of oxime groups is 1. The second-order valence-corrected chi connectivity index (χ2v) is 31.6. The number of likely N-dealkylation sites (N-methyl/N-ethyl adjacent to an activating group) is 1. The molecule has 6 rings (SSSR count). The number of hydrogen-bond acceptors (Lipinski definition) is 38. The average Bonchev–Trinajstić information content (AvgIpc) is 0.777. The lowest BCUT2D eigenvalue weighted by molar-refractivity contribution is -0.332. The normalized spacial score (nSPS) is 42.5. The van der Waals surface area contributed by atoms with E-state index in [-0.39, 0.29) is 96.0 Å². The number of nitrogens with one attached hydrogen (secondary N) is 3. The number of cyclic esters (lactones) is 1. The van der Waals surface area contributed by atoms with Crippen molar-refractivity contribution in [3.05, 3.63) is 0 Å². The van der Waals surface area contributed by atoms with Gasteiger partial charge in [0.05, 0.1) is 98.5 Å². The van der Waals surface area contributed by atoms with Crippen molar-refractivity contribution in [3.8, 4) is 0 Å². The Morgan fingerprint density at radius 2 is 1.28 bits per heavy atom. The van der Waals surface area contributed by atoms with Crippen molar-refractivity contribution in [2.75, 3.05) is 94.3 Å². The van der Waals surface area contributed by atoms with Crippen LogP contribution in [0.25, 0.3) is 0 Å². The molecule has 5 aliphatic heterocycles. The molecule has 39 heteroatoms. The average molecular weight is 1630 g/mol. The number of aliphatic hydroxyl groups excluding tert-OH is 13. The second kappa shape index (κ2) is 47.8. The van der Waals surface area contributed by atoms with Crippen molar-refractivity contribution < 1.29 is 148 Å². The van der Waals surface area contributed by atoms with Gasteiger partial charge in [-0.3, -0.25) is 9.59 Å². The van der Waals surface area contributed by atoms with Crippen LogP contribution < -0.4 is 38.9 Å². The van der Waals surface area contributed by atoms with Gasteiger partial charge in [-0.15, -0.1) is 0 Å². The lowest BCUT2D eigenvalue weighted by atomic mass is 9.73. The first-order valence-corrected chi connectivity index (χ1v) is 39.3. The first-order valence-electron chi connectivity index (χ1n) is 39.3. The summed E-state index contributed by atoms with van der Waals surface area (Å²) in [4.78, 5) is 34.4. The summed E-state index contributed by atoms with van der Waals surface area (Å²) in [5, 5.41) is 173. The van der Waals surface area contributed by atoms with Crippen molar-refractivity contribution in [2.45, 2.75) is 329 Å². The summed E-state index contributed by atoms with van der Waals surface area (Å²) >= 11 is 0. The Morgan fingerprint density at radius 3 is 1.82 bits per heavy atom. The molecular weight excluding hydrogens is 1480 g/mol. The maximum atomic E-state index is 14.3. The van der Waals surface area contributed by atoms with Gasteiger partial charge in [-0.2, -0.15) is 0 Å². The first kappa shape index (κ1) is 101. The second-order valence-electron chi connectivity index (χ2n) is 31.6. The van der Waals surface area contributed by atoms with Crippen LogP contribution >= 0.6 is 0 Å². The topological polar surface area (TPSA) is 613 Å². The highest BCUT2D eigenvalue weighted by molar-refractivity contribution is 5.89. The Balaban J connectivity index is 0.000000420. The number of nitrogens with two attached hydrogens (primary N) is 4. The van der Waals surface area contributed by atoms with E-state index in [2.05, 4.69) is 21.1 Å². The number of esters is 1. The standard InChI is InChI=1S/C41H76N2O15.C22H43N5O13.C10H24N2O2/c1-15-29-41(10,49)34(45)24(4)31(42-53-21-52-17-16-50-13)22(2)19-39(8,48)36(58-38-32(44)28(43(11)12)18-23(3)54-38)25(5)33(26(6)37(47)56-29)57-30-20-40(9,51-14)35(46)27(7)55-30;23-2-1-8(29)20(36)27-7-3-6(25)18(39-22-16(34)15(33)13(31)9(4-24)37-22)17(35)19(7)40-21-14(32)11(26)12(30)10(5-28)38-21;1-3-9(7-13)11-5-6-12-10(4-2)8-14/h22-30,32-36,38,44-46,48-49H,15-21H2,1-14H3;6-19,21-22,28-35H,1-5,23-26H2,(H,27,36);9-14H,3-8H2,1-2H3/b42-31+;;/t22-,23?,24+,25+,26-,27?,28?,29-,30?,32?,33+,34-,35?,36-,38?,39-,40?,41-;6?,7?,8-,9?,10?,11?,12?,13?,14?,15?,16?,17?,18?,19?,21?,22?;9-,10-/m110/s1. The highest BCUT2D eigenvalue weighted by Gasteiger charge is 2.56. The lowest BCUT2D eigenvalue weighted by Crippen LogP contribution is -2.69. The van der Waals surface area contributed by atoms with E-state index < -0.39 is 212 Å². The molecular formula is C73H143N9O30. The van der Waals surface area contributed by atoms with Crippen molar-refractivity contribution in [1.29, 1.82) is 0 Å². The van der Waals surface area contributed by atoms with E-state index in [0.29, 0.717) is 18.7 Å². The third-order valence-electron chi connectivity index (χ3n) is 22.5. The number of methoxy groups -OCH3 is 2. The largest absolute Gasteiger partial charge is 0.459 e. The Kier molecular flexibility index (Phi) is 43.3. The lowest BCUT2D eigenvalue weighted by Gasteiger charge is -2.49. The molecule has 5 saturated heterocycles. The molecule has 1 aliphatic carbocycles. The summed E-state index contributed by atoms with van der Waals surface area (Å²) in [6, 6.07) is -3.38. The fourth-order valence-corrected chi connectivity index (χ4v) is 15.2. The minimum atomic E-state index is -1.97. The minimum absolute atomic E-state index is 0.0101.